The van der Waals surface area contributed by atoms with Crippen LogP contribution < -0.4 is 0 Å². The number of likely N-dealkylation sites (tertiary alicyclic amines) is 1. The van der Waals surface area contributed by atoms with Gasteiger partial charge in [-0.25, -0.2) is 13.6 Å². The number of piperidine rings is 1. The molecule has 1 N–H and O–H groups in total. The average molecular weight is 413 g/mol. The SMILES string of the molecule is O=C(O[C@H](CO)C(F)(F)F)N1CCC2(CC1)CC(n1cc(C(F)F)cn1)CO2. The van der Waals surface area contributed by atoms with Gasteiger partial charge in [0.15, 0.2) is 0 Å². The third-order valence-corrected chi connectivity index (χ3v) is 5.14. The Morgan fingerprint density at radius 1 is 1.39 bits per heavy atom. The van der Waals surface area contributed by atoms with E-state index in [1.54, 1.807) is 0 Å². The zero-order chi connectivity index (χ0) is 20.5. The van der Waals surface area contributed by atoms with Crippen molar-refractivity contribution in [2.75, 3.05) is 26.3 Å². The quantitative estimate of drug-likeness (QED) is 0.769. The van der Waals surface area contributed by atoms with Gasteiger partial charge in [-0.2, -0.15) is 18.3 Å². The standard InChI is InChI=1S/C16H20F5N3O4/c17-13(18)10-6-22-24(7-10)11-5-15(27-9-11)1-3-23(4-2-15)14(26)28-12(8-25)16(19,20)21/h6-7,11-13,25H,1-5,8-9H2/t11?,12-/m1/s1. The zero-order valence-corrected chi connectivity index (χ0v) is 14.7. The van der Waals surface area contributed by atoms with Gasteiger partial charge in [0.1, 0.15) is 0 Å². The molecular weight excluding hydrogens is 393 g/mol. The van der Waals surface area contributed by atoms with E-state index >= 15 is 0 Å². The second-order valence-corrected chi connectivity index (χ2v) is 6.99. The Morgan fingerprint density at radius 3 is 2.61 bits per heavy atom. The molecule has 0 radical (unpaired) electrons. The van der Waals surface area contributed by atoms with E-state index in [9.17, 15) is 26.7 Å². The van der Waals surface area contributed by atoms with Crippen LogP contribution in [0, 0.1) is 0 Å². The molecule has 0 bridgehead atoms. The van der Waals surface area contributed by atoms with Gasteiger partial charge in [-0.3, -0.25) is 4.68 Å². The predicted molar refractivity (Wildman–Crippen MR) is 83.7 cm³/mol. The number of amides is 1. The molecule has 0 aliphatic carbocycles. The van der Waals surface area contributed by atoms with Gasteiger partial charge in [-0.1, -0.05) is 0 Å². The van der Waals surface area contributed by atoms with Crippen LogP contribution in [0.2, 0.25) is 0 Å². The summed E-state index contributed by atoms with van der Waals surface area (Å²) in [6.07, 6.45) is -7.54. The van der Waals surface area contributed by atoms with Crippen molar-refractivity contribution in [3.05, 3.63) is 18.0 Å². The highest BCUT2D eigenvalue weighted by Crippen LogP contribution is 2.41. The van der Waals surface area contributed by atoms with E-state index in [2.05, 4.69) is 9.84 Å². The molecule has 3 heterocycles. The molecular formula is C16H20F5N3O4. The number of aromatic nitrogens is 2. The van der Waals surface area contributed by atoms with Crippen LogP contribution >= 0.6 is 0 Å². The number of rotatable bonds is 4. The fourth-order valence-corrected chi connectivity index (χ4v) is 3.50. The molecule has 2 aliphatic rings. The molecule has 0 aromatic carbocycles. The van der Waals surface area contributed by atoms with E-state index in [0.29, 0.717) is 19.3 Å². The molecule has 12 heteroatoms. The van der Waals surface area contributed by atoms with Crippen LogP contribution in [0.5, 0.6) is 0 Å². The van der Waals surface area contributed by atoms with Crippen LogP contribution in [-0.2, 0) is 9.47 Å². The van der Waals surface area contributed by atoms with Crippen LogP contribution in [0.1, 0.15) is 37.3 Å². The Hall–Kier alpha value is -1.95. The van der Waals surface area contributed by atoms with Crippen molar-refractivity contribution in [1.29, 1.82) is 0 Å². The van der Waals surface area contributed by atoms with Crippen LogP contribution in [0.4, 0.5) is 26.7 Å². The highest BCUT2D eigenvalue weighted by atomic mass is 19.4. The van der Waals surface area contributed by atoms with Crippen LogP contribution in [0.25, 0.3) is 0 Å². The molecule has 1 aromatic heterocycles. The van der Waals surface area contributed by atoms with Gasteiger partial charge in [-0.15, -0.1) is 0 Å². The van der Waals surface area contributed by atoms with Crippen LogP contribution in [0.3, 0.4) is 0 Å². The van der Waals surface area contributed by atoms with E-state index in [1.807, 2.05) is 0 Å². The lowest BCUT2D eigenvalue weighted by atomic mass is 9.87. The second-order valence-electron chi connectivity index (χ2n) is 6.99. The van der Waals surface area contributed by atoms with Gasteiger partial charge >= 0.3 is 12.3 Å². The number of alkyl halides is 5. The van der Waals surface area contributed by atoms with Crippen molar-refractivity contribution < 1.29 is 41.3 Å². The molecule has 1 spiro atoms. The topological polar surface area (TPSA) is 76.8 Å². The van der Waals surface area contributed by atoms with Gasteiger partial charge in [0.05, 0.1) is 36.6 Å². The second kappa shape index (κ2) is 7.82. The summed E-state index contributed by atoms with van der Waals surface area (Å²) in [5.41, 5.74) is -0.764. The number of carbonyl (C=O) groups excluding carboxylic acids is 1. The number of hydrogen-bond donors (Lipinski definition) is 1. The maximum Gasteiger partial charge on any atom is 0.427 e. The van der Waals surface area contributed by atoms with Crippen molar-refractivity contribution >= 4 is 6.09 Å². The third kappa shape index (κ3) is 4.37. The highest BCUT2D eigenvalue weighted by molar-refractivity contribution is 5.68. The van der Waals surface area contributed by atoms with Gasteiger partial charge in [-0.05, 0) is 12.8 Å². The summed E-state index contributed by atoms with van der Waals surface area (Å²) < 4.78 is 74.9. The normalized spacial score (nSPS) is 23.4. The number of carbonyl (C=O) groups is 1. The van der Waals surface area contributed by atoms with Crippen molar-refractivity contribution in [2.24, 2.45) is 0 Å². The summed E-state index contributed by atoms with van der Waals surface area (Å²) in [7, 11) is 0. The summed E-state index contributed by atoms with van der Waals surface area (Å²) in [5.74, 6) is 0. The molecule has 0 saturated carbocycles. The zero-order valence-electron chi connectivity index (χ0n) is 14.7. The number of aliphatic hydroxyl groups is 1. The Labute approximate surface area is 157 Å². The summed E-state index contributed by atoms with van der Waals surface area (Å²) >= 11 is 0. The number of aliphatic hydroxyl groups excluding tert-OH is 1. The first kappa shape index (κ1) is 20.8. The predicted octanol–water partition coefficient (Wildman–Crippen LogP) is 2.68. The minimum atomic E-state index is -4.84. The largest absolute Gasteiger partial charge is 0.434 e. The van der Waals surface area contributed by atoms with Gasteiger partial charge in [0.2, 0.25) is 6.10 Å². The molecule has 7 nitrogen and oxygen atoms in total. The first-order valence-corrected chi connectivity index (χ1v) is 8.73. The number of nitrogens with zero attached hydrogens (tertiary/aromatic N) is 3. The van der Waals surface area contributed by atoms with Gasteiger partial charge in [0.25, 0.3) is 6.43 Å². The smallest absolute Gasteiger partial charge is 0.427 e. The minimum absolute atomic E-state index is 0.128. The Kier molecular flexibility index (Phi) is 5.80. The highest BCUT2D eigenvalue weighted by Gasteiger charge is 2.46. The maximum absolute atomic E-state index is 12.7. The monoisotopic (exact) mass is 413 g/mol. The first-order valence-electron chi connectivity index (χ1n) is 8.73. The minimum Gasteiger partial charge on any atom is -0.434 e. The van der Waals surface area contributed by atoms with Crippen molar-refractivity contribution in [3.63, 3.8) is 0 Å². The summed E-state index contributed by atoms with van der Waals surface area (Å²) in [4.78, 5) is 13.1. The van der Waals surface area contributed by atoms with Gasteiger partial charge < -0.3 is 19.5 Å². The number of hydrogen-bond acceptors (Lipinski definition) is 5. The molecule has 2 saturated heterocycles. The first-order chi connectivity index (χ1) is 13.1. The molecule has 158 valence electrons. The molecule has 1 amide bonds. The Bertz CT molecular complexity index is 688. The van der Waals surface area contributed by atoms with E-state index in [0.717, 1.165) is 11.1 Å². The van der Waals surface area contributed by atoms with Crippen LogP contribution in [-0.4, -0.2) is 70.1 Å². The molecule has 1 aromatic rings. The Morgan fingerprint density at radius 2 is 2.07 bits per heavy atom. The molecule has 1 unspecified atom stereocenters. The fraction of sp³-hybridized carbons (Fsp3) is 0.750. The lowest BCUT2D eigenvalue weighted by Gasteiger charge is -2.38. The molecule has 28 heavy (non-hydrogen) atoms. The van der Waals surface area contributed by atoms with Crippen molar-refractivity contribution in [1.82, 2.24) is 14.7 Å². The van der Waals surface area contributed by atoms with Crippen LogP contribution in [0.15, 0.2) is 12.4 Å². The van der Waals surface area contributed by atoms with Crippen molar-refractivity contribution in [2.45, 2.75) is 49.6 Å². The Balaban J connectivity index is 1.54. The lowest BCUT2D eigenvalue weighted by molar-refractivity contribution is -0.215. The average Bonchev–Trinajstić information content (AvgIpc) is 3.27. The molecule has 3 rings (SSSR count). The van der Waals surface area contributed by atoms with E-state index in [4.69, 9.17) is 9.84 Å². The van der Waals surface area contributed by atoms with E-state index in [-0.39, 0.29) is 31.3 Å². The third-order valence-electron chi connectivity index (χ3n) is 5.14. The maximum atomic E-state index is 12.7. The summed E-state index contributed by atoms with van der Waals surface area (Å²) in [6.45, 7) is -0.816. The van der Waals surface area contributed by atoms with Crippen molar-refractivity contribution in [3.8, 4) is 0 Å². The van der Waals surface area contributed by atoms with E-state index in [1.165, 1.54) is 10.9 Å². The molecule has 2 fully saturated rings. The number of ether oxygens (including phenoxy) is 2. The molecule has 2 atom stereocenters. The lowest BCUT2D eigenvalue weighted by Crippen LogP contribution is -2.49. The fourth-order valence-electron chi connectivity index (χ4n) is 3.50. The van der Waals surface area contributed by atoms with Gasteiger partial charge in [0, 0.05) is 25.7 Å². The number of halogens is 5. The summed E-state index contributed by atoms with van der Waals surface area (Å²) in [6, 6.07) is -0.227. The summed E-state index contributed by atoms with van der Waals surface area (Å²) in [5, 5.41) is 12.7. The molecule has 2 aliphatic heterocycles. The van der Waals surface area contributed by atoms with E-state index < -0.39 is 37.0 Å².